The first kappa shape index (κ1) is 29.3. The van der Waals surface area contributed by atoms with Gasteiger partial charge >= 0.3 is 0 Å². The summed E-state index contributed by atoms with van der Waals surface area (Å²) in [5.41, 5.74) is 1.55. The Morgan fingerprint density at radius 1 is 1.12 bits per heavy atom. The number of halogens is 1. The first-order valence-electron chi connectivity index (χ1n) is 13.1. The first-order chi connectivity index (χ1) is 19.1. The molecule has 4 rings (SSSR count). The maximum atomic E-state index is 14.1. The zero-order valence-electron chi connectivity index (χ0n) is 22.7. The lowest BCUT2D eigenvalue weighted by Crippen LogP contribution is -2.50. The largest absolute Gasteiger partial charge is 0.487 e. The van der Waals surface area contributed by atoms with E-state index in [0.717, 1.165) is 5.56 Å². The molecule has 210 valence electrons. The number of sulfonamides is 1. The Morgan fingerprint density at radius 3 is 2.52 bits per heavy atom. The second kappa shape index (κ2) is 12.6. The highest BCUT2D eigenvalue weighted by Crippen LogP contribution is 2.34. The summed E-state index contributed by atoms with van der Waals surface area (Å²) in [5, 5.41) is 9.85. The minimum absolute atomic E-state index is 0.0561. The topological polar surface area (TPSA) is 87.2 Å². The number of carbonyl (C=O) groups is 1. The van der Waals surface area contributed by atoms with Crippen LogP contribution >= 0.6 is 0 Å². The number of amides is 1. The average molecular weight is 565 g/mol. The fourth-order valence-corrected chi connectivity index (χ4v) is 6.33. The molecule has 0 spiro atoms. The number of ether oxygens (including phenoxy) is 1. The minimum atomic E-state index is -4.03. The Morgan fingerprint density at radius 2 is 1.82 bits per heavy atom. The molecule has 1 heterocycles. The SMILES string of the molecule is C[C@H]1CN([C@@H](C)CO)S(=O)(=O)c2ccc(C#Cc3ccccc3F)cc2O[C@H]1CN(C)C(=O)Cc1ccccc1. The molecule has 0 bridgehead atoms. The van der Waals surface area contributed by atoms with Gasteiger partial charge in [-0.1, -0.05) is 61.2 Å². The first-order valence-corrected chi connectivity index (χ1v) is 14.5. The summed E-state index contributed by atoms with van der Waals surface area (Å²) in [5.74, 6) is 4.90. The van der Waals surface area contributed by atoms with Crippen LogP contribution in [0.15, 0.2) is 77.7 Å². The van der Waals surface area contributed by atoms with Gasteiger partial charge in [-0.15, -0.1) is 0 Å². The minimum Gasteiger partial charge on any atom is -0.487 e. The fraction of sp³-hybridized carbons (Fsp3) is 0.323. The molecule has 0 radical (unpaired) electrons. The van der Waals surface area contributed by atoms with Crippen LogP contribution in [0.5, 0.6) is 5.75 Å². The van der Waals surface area contributed by atoms with Crippen molar-refractivity contribution < 1.29 is 27.4 Å². The summed E-state index contributed by atoms with van der Waals surface area (Å²) in [6.45, 7) is 3.47. The number of likely N-dealkylation sites (N-methyl/N-ethyl adjacent to an activating group) is 1. The van der Waals surface area contributed by atoms with Crippen molar-refractivity contribution >= 4 is 15.9 Å². The summed E-state index contributed by atoms with van der Waals surface area (Å²) >= 11 is 0. The van der Waals surface area contributed by atoms with Crippen LogP contribution < -0.4 is 4.74 Å². The molecule has 0 aliphatic carbocycles. The number of carbonyl (C=O) groups excluding carboxylic acids is 1. The summed E-state index contributed by atoms with van der Waals surface area (Å²) in [4.78, 5) is 14.5. The second-order valence-electron chi connectivity index (χ2n) is 10.1. The number of benzene rings is 3. The quantitative estimate of drug-likeness (QED) is 0.462. The molecule has 3 aromatic carbocycles. The lowest BCUT2D eigenvalue weighted by Gasteiger charge is -2.37. The molecule has 0 unspecified atom stereocenters. The highest BCUT2D eigenvalue weighted by atomic mass is 32.2. The highest BCUT2D eigenvalue weighted by Gasteiger charge is 2.38. The zero-order valence-corrected chi connectivity index (χ0v) is 23.6. The third-order valence-corrected chi connectivity index (χ3v) is 8.98. The predicted octanol–water partition coefficient (Wildman–Crippen LogP) is 3.70. The van der Waals surface area contributed by atoms with Gasteiger partial charge in [-0.05, 0) is 42.8 Å². The molecule has 3 atom stereocenters. The van der Waals surface area contributed by atoms with Crippen LogP contribution in [-0.2, 0) is 21.2 Å². The van der Waals surface area contributed by atoms with E-state index in [9.17, 15) is 22.7 Å². The molecule has 40 heavy (non-hydrogen) atoms. The molecule has 0 aromatic heterocycles. The van der Waals surface area contributed by atoms with Gasteiger partial charge in [0.2, 0.25) is 15.9 Å². The van der Waals surface area contributed by atoms with Gasteiger partial charge in [0.05, 0.1) is 25.1 Å². The summed E-state index contributed by atoms with van der Waals surface area (Å²) < 4.78 is 49.0. The van der Waals surface area contributed by atoms with Gasteiger partial charge in [-0.2, -0.15) is 4.31 Å². The second-order valence-corrected chi connectivity index (χ2v) is 11.9. The van der Waals surface area contributed by atoms with E-state index in [1.807, 2.05) is 37.3 Å². The van der Waals surface area contributed by atoms with Gasteiger partial charge in [0.1, 0.15) is 22.6 Å². The summed E-state index contributed by atoms with van der Waals surface area (Å²) in [6, 6.07) is 19.4. The maximum absolute atomic E-state index is 14.1. The molecule has 1 aliphatic rings. The highest BCUT2D eigenvalue weighted by molar-refractivity contribution is 7.89. The lowest BCUT2D eigenvalue weighted by atomic mass is 10.0. The number of hydrogen-bond acceptors (Lipinski definition) is 5. The summed E-state index contributed by atoms with van der Waals surface area (Å²) in [6.07, 6.45) is -0.325. The zero-order chi connectivity index (χ0) is 28.9. The summed E-state index contributed by atoms with van der Waals surface area (Å²) in [7, 11) is -2.33. The Balaban J connectivity index is 1.68. The van der Waals surface area contributed by atoms with E-state index in [0.29, 0.717) is 5.56 Å². The normalized spacial score (nSPS) is 19.1. The van der Waals surface area contributed by atoms with Crippen LogP contribution in [0.25, 0.3) is 0 Å². The van der Waals surface area contributed by atoms with Gasteiger partial charge in [0, 0.05) is 31.1 Å². The van der Waals surface area contributed by atoms with Crippen LogP contribution in [0.3, 0.4) is 0 Å². The fourth-order valence-electron chi connectivity index (χ4n) is 4.50. The standard InChI is InChI=1S/C31H33FN2O5S/c1-22-19-34(23(2)21-35)40(37,38)30-16-14-25(13-15-26-11-7-8-12-27(26)32)17-28(30)39-29(22)20-33(3)31(36)18-24-9-5-4-6-10-24/h4-12,14,16-17,22-23,29,35H,18-21H2,1-3H3/t22-,23-,29-/m0/s1. The van der Waals surface area contributed by atoms with E-state index >= 15 is 0 Å². The van der Waals surface area contributed by atoms with Gasteiger partial charge in [0.15, 0.2) is 0 Å². The Bertz CT molecular complexity index is 1520. The lowest BCUT2D eigenvalue weighted by molar-refractivity contribution is -0.130. The maximum Gasteiger partial charge on any atom is 0.247 e. The van der Waals surface area contributed by atoms with Crippen molar-refractivity contribution in [2.45, 2.75) is 37.3 Å². The van der Waals surface area contributed by atoms with Gasteiger partial charge in [-0.25, -0.2) is 12.8 Å². The van der Waals surface area contributed by atoms with Crippen LogP contribution in [0, 0.1) is 23.6 Å². The van der Waals surface area contributed by atoms with E-state index in [1.165, 1.54) is 22.5 Å². The molecule has 3 aromatic rings. The molecule has 0 fully saturated rings. The number of aliphatic hydroxyl groups is 1. The van der Waals surface area contributed by atoms with Crippen LogP contribution in [0.4, 0.5) is 4.39 Å². The third-order valence-electron chi connectivity index (χ3n) is 6.96. The van der Waals surface area contributed by atoms with Crippen LogP contribution in [0.2, 0.25) is 0 Å². The molecule has 0 saturated heterocycles. The smallest absolute Gasteiger partial charge is 0.247 e. The number of rotatable bonds is 6. The van der Waals surface area contributed by atoms with E-state index in [-0.39, 0.29) is 54.2 Å². The average Bonchev–Trinajstić information content (AvgIpc) is 2.94. The van der Waals surface area contributed by atoms with E-state index in [4.69, 9.17) is 4.74 Å². The molecule has 1 aliphatic heterocycles. The van der Waals surface area contributed by atoms with Crippen molar-refractivity contribution in [1.82, 2.24) is 9.21 Å². The van der Waals surface area contributed by atoms with Crippen LogP contribution in [-0.4, -0.2) is 67.5 Å². The molecular formula is C31H33FN2O5S. The van der Waals surface area contributed by atoms with Crippen molar-refractivity contribution in [3.63, 3.8) is 0 Å². The number of fused-ring (bicyclic) bond motifs is 1. The van der Waals surface area contributed by atoms with E-state index in [1.54, 1.807) is 43.1 Å². The van der Waals surface area contributed by atoms with Crippen LogP contribution in [0.1, 0.15) is 30.5 Å². The number of nitrogens with zero attached hydrogens (tertiary/aromatic N) is 2. The molecular weight excluding hydrogens is 531 g/mol. The number of hydrogen-bond donors (Lipinski definition) is 1. The van der Waals surface area contributed by atoms with Crippen molar-refractivity contribution in [3.8, 4) is 17.6 Å². The van der Waals surface area contributed by atoms with E-state index in [2.05, 4.69) is 11.8 Å². The molecule has 1 amide bonds. The third kappa shape index (κ3) is 6.70. The Hall–Kier alpha value is -3.71. The van der Waals surface area contributed by atoms with Gasteiger partial charge < -0.3 is 14.7 Å². The van der Waals surface area contributed by atoms with Crippen molar-refractivity contribution in [2.24, 2.45) is 5.92 Å². The van der Waals surface area contributed by atoms with Crippen molar-refractivity contribution in [3.05, 3.63) is 95.3 Å². The van der Waals surface area contributed by atoms with Crippen molar-refractivity contribution in [2.75, 3.05) is 26.7 Å². The molecule has 0 saturated carbocycles. The molecule has 7 nitrogen and oxygen atoms in total. The monoisotopic (exact) mass is 564 g/mol. The number of aliphatic hydroxyl groups excluding tert-OH is 1. The van der Waals surface area contributed by atoms with Crippen molar-refractivity contribution in [1.29, 1.82) is 0 Å². The molecule has 1 N–H and O–H groups in total. The van der Waals surface area contributed by atoms with Gasteiger partial charge in [-0.3, -0.25) is 4.79 Å². The Labute approximate surface area is 235 Å². The molecule has 9 heteroatoms. The Kier molecular flexibility index (Phi) is 9.25. The van der Waals surface area contributed by atoms with Gasteiger partial charge in [0.25, 0.3) is 0 Å². The van der Waals surface area contributed by atoms with E-state index < -0.39 is 28.0 Å². The predicted molar refractivity (Wildman–Crippen MR) is 151 cm³/mol.